The number of carbonyl (C=O) groups excluding carboxylic acids is 1. The summed E-state index contributed by atoms with van der Waals surface area (Å²) in [7, 11) is 1.30. The fourth-order valence-corrected chi connectivity index (χ4v) is 2.45. The predicted molar refractivity (Wildman–Crippen MR) is 67.7 cm³/mol. The van der Waals surface area contributed by atoms with E-state index in [1.807, 2.05) is 0 Å². The van der Waals surface area contributed by atoms with Gasteiger partial charge in [-0.1, -0.05) is 12.1 Å². The first-order chi connectivity index (χ1) is 8.63. The lowest BCUT2D eigenvalue weighted by Gasteiger charge is -2.02. The van der Waals surface area contributed by atoms with Gasteiger partial charge in [0.1, 0.15) is 0 Å². The smallest absolute Gasteiger partial charge is 0.339 e. The third-order valence-electron chi connectivity index (χ3n) is 2.39. The van der Waals surface area contributed by atoms with Crippen LogP contribution in [0.4, 0.5) is 5.69 Å². The van der Waals surface area contributed by atoms with Crippen molar-refractivity contribution in [3.63, 3.8) is 0 Å². The van der Waals surface area contributed by atoms with Gasteiger partial charge in [0, 0.05) is 17.0 Å². The van der Waals surface area contributed by atoms with Gasteiger partial charge in [-0.15, -0.1) is 11.3 Å². The third kappa shape index (κ3) is 2.23. The lowest BCUT2D eigenvalue weighted by atomic mass is 10.1. The number of ether oxygens (including phenoxy) is 1. The van der Waals surface area contributed by atoms with Crippen molar-refractivity contribution >= 4 is 23.0 Å². The third-order valence-corrected chi connectivity index (χ3v) is 3.35. The van der Waals surface area contributed by atoms with E-state index >= 15 is 0 Å². The fraction of sp³-hybridized carbons (Fsp3) is 0.0833. The molecule has 5 nitrogen and oxygen atoms in total. The van der Waals surface area contributed by atoms with Crippen molar-refractivity contribution < 1.29 is 14.5 Å². The molecule has 0 fully saturated rings. The van der Waals surface area contributed by atoms with Gasteiger partial charge in [0.15, 0.2) is 0 Å². The molecule has 2 rings (SSSR count). The van der Waals surface area contributed by atoms with Crippen molar-refractivity contribution in [2.24, 2.45) is 0 Å². The number of rotatable bonds is 3. The second-order valence-electron chi connectivity index (χ2n) is 3.46. The van der Waals surface area contributed by atoms with Crippen LogP contribution in [0.3, 0.4) is 0 Å². The summed E-state index contributed by atoms with van der Waals surface area (Å²) in [6.07, 6.45) is 0. The van der Waals surface area contributed by atoms with Gasteiger partial charge in [-0.05, 0) is 17.0 Å². The fourth-order valence-electron chi connectivity index (χ4n) is 1.56. The minimum absolute atomic E-state index is 0.00304. The van der Waals surface area contributed by atoms with E-state index < -0.39 is 10.9 Å². The molecule has 2 aromatic rings. The van der Waals surface area contributed by atoms with E-state index in [-0.39, 0.29) is 5.69 Å². The molecule has 6 heteroatoms. The second kappa shape index (κ2) is 4.97. The van der Waals surface area contributed by atoms with E-state index in [0.29, 0.717) is 16.0 Å². The quantitative estimate of drug-likeness (QED) is 0.484. The van der Waals surface area contributed by atoms with Gasteiger partial charge >= 0.3 is 5.97 Å². The zero-order valence-corrected chi connectivity index (χ0v) is 10.3. The monoisotopic (exact) mass is 263 g/mol. The molecule has 0 saturated carbocycles. The summed E-state index contributed by atoms with van der Waals surface area (Å²) < 4.78 is 4.67. The highest BCUT2D eigenvalue weighted by Gasteiger charge is 2.16. The number of carbonyl (C=O) groups is 1. The molecule has 92 valence electrons. The van der Waals surface area contributed by atoms with Crippen molar-refractivity contribution in [3.05, 3.63) is 51.4 Å². The average molecular weight is 263 g/mol. The Balaban J connectivity index is 2.49. The average Bonchev–Trinajstić information content (AvgIpc) is 2.87. The highest BCUT2D eigenvalue weighted by Crippen LogP contribution is 2.32. The molecule has 1 aromatic carbocycles. The molecule has 0 bridgehead atoms. The summed E-state index contributed by atoms with van der Waals surface area (Å²) >= 11 is 1.34. The molecule has 0 amide bonds. The van der Waals surface area contributed by atoms with Crippen molar-refractivity contribution in [3.8, 4) is 10.4 Å². The summed E-state index contributed by atoms with van der Waals surface area (Å²) in [5.74, 6) is -0.447. The van der Waals surface area contributed by atoms with E-state index in [1.54, 1.807) is 23.6 Å². The Morgan fingerprint density at radius 3 is 2.83 bits per heavy atom. The van der Waals surface area contributed by atoms with Gasteiger partial charge in [0.05, 0.1) is 17.6 Å². The van der Waals surface area contributed by atoms with Crippen LogP contribution in [0.25, 0.3) is 10.4 Å². The molecular formula is C12H9NO4S. The van der Waals surface area contributed by atoms with Crippen LogP contribution >= 0.6 is 11.3 Å². The molecular weight excluding hydrogens is 254 g/mol. The molecule has 0 unspecified atom stereocenters. The summed E-state index contributed by atoms with van der Waals surface area (Å²) in [6, 6.07) is 7.82. The molecule has 0 aliphatic carbocycles. The first kappa shape index (κ1) is 12.3. The van der Waals surface area contributed by atoms with E-state index in [4.69, 9.17) is 0 Å². The summed E-state index contributed by atoms with van der Waals surface area (Å²) in [6.45, 7) is 0. The Morgan fingerprint density at radius 1 is 1.39 bits per heavy atom. The number of nitrogens with zero attached hydrogens (tertiary/aromatic N) is 1. The Bertz CT molecular complexity index is 606. The van der Waals surface area contributed by atoms with Gasteiger partial charge in [-0.3, -0.25) is 10.1 Å². The molecule has 0 saturated heterocycles. The number of nitro benzene ring substituents is 1. The molecule has 0 atom stereocenters. The second-order valence-corrected chi connectivity index (χ2v) is 4.38. The normalized spacial score (nSPS) is 10.1. The number of benzene rings is 1. The van der Waals surface area contributed by atoms with Crippen LogP contribution in [0.15, 0.2) is 35.7 Å². The van der Waals surface area contributed by atoms with Crippen molar-refractivity contribution in [1.82, 2.24) is 0 Å². The maximum atomic E-state index is 11.5. The highest BCUT2D eigenvalue weighted by atomic mass is 32.1. The lowest BCUT2D eigenvalue weighted by Crippen LogP contribution is -2.00. The molecule has 0 N–H and O–H groups in total. The predicted octanol–water partition coefficient (Wildman–Crippen LogP) is 3.11. The topological polar surface area (TPSA) is 69.4 Å². The minimum atomic E-state index is -0.463. The zero-order valence-electron chi connectivity index (χ0n) is 9.45. The first-order valence-corrected chi connectivity index (χ1v) is 5.92. The van der Waals surface area contributed by atoms with Crippen LogP contribution in [-0.2, 0) is 4.74 Å². The van der Waals surface area contributed by atoms with E-state index in [0.717, 1.165) is 0 Å². The van der Waals surface area contributed by atoms with Crippen molar-refractivity contribution in [2.45, 2.75) is 0 Å². The molecule has 1 aromatic heterocycles. The molecule has 0 aliphatic heterocycles. The van der Waals surface area contributed by atoms with Crippen LogP contribution in [0.1, 0.15) is 10.4 Å². The first-order valence-electron chi connectivity index (χ1n) is 5.04. The summed E-state index contributed by atoms with van der Waals surface area (Å²) in [4.78, 5) is 22.5. The Hall–Kier alpha value is -2.21. The lowest BCUT2D eigenvalue weighted by molar-refractivity contribution is -0.384. The zero-order chi connectivity index (χ0) is 13.1. The minimum Gasteiger partial charge on any atom is -0.465 e. The maximum absolute atomic E-state index is 11.5. The summed E-state index contributed by atoms with van der Waals surface area (Å²) in [5.41, 5.74) is 1.05. The van der Waals surface area contributed by atoms with Gasteiger partial charge in [0.2, 0.25) is 0 Å². The number of non-ortho nitro benzene ring substituents is 1. The van der Waals surface area contributed by atoms with Gasteiger partial charge in [0.25, 0.3) is 5.69 Å². The van der Waals surface area contributed by atoms with Crippen LogP contribution < -0.4 is 0 Å². The molecule has 1 heterocycles. The number of methoxy groups -OCH3 is 1. The highest BCUT2D eigenvalue weighted by molar-refractivity contribution is 7.14. The number of hydrogen-bond donors (Lipinski definition) is 0. The van der Waals surface area contributed by atoms with Crippen LogP contribution in [-0.4, -0.2) is 18.0 Å². The Labute approximate surface area is 107 Å². The van der Waals surface area contributed by atoms with E-state index in [9.17, 15) is 14.9 Å². The van der Waals surface area contributed by atoms with Crippen LogP contribution in [0, 0.1) is 10.1 Å². The standard InChI is InChI=1S/C12H9NO4S/c1-17-12(14)10-5-6-18-11(10)8-3-2-4-9(7-8)13(15)16/h2-7H,1H3. The largest absolute Gasteiger partial charge is 0.465 e. The van der Waals surface area contributed by atoms with Crippen LogP contribution in [0.5, 0.6) is 0 Å². The van der Waals surface area contributed by atoms with Gasteiger partial charge in [-0.25, -0.2) is 4.79 Å². The van der Waals surface area contributed by atoms with E-state index in [1.165, 1.54) is 30.6 Å². The molecule has 0 spiro atoms. The van der Waals surface area contributed by atoms with E-state index in [2.05, 4.69) is 4.74 Å². The number of nitro groups is 1. The van der Waals surface area contributed by atoms with Gasteiger partial charge in [-0.2, -0.15) is 0 Å². The van der Waals surface area contributed by atoms with Gasteiger partial charge < -0.3 is 4.74 Å². The number of thiophene rings is 1. The SMILES string of the molecule is COC(=O)c1ccsc1-c1cccc([N+](=O)[O-])c1. The summed E-state index contributed by atoms with van der Waals surface area (Å²) in [5, 5.41) is 12.5. The Kier molecular flexibility index (Phi) is 3.38. The van der Waals surface area contributed by atoms with Crippen molar-refractivity contribution in [1.29, 1.82) is 0 Å². The van der Waals surface area contributed by atoms with Crippen LogP contribution in [0.2, 0.25) is 0 Å². The molecule has 0 aliphatic rings. The van der Waals surface area contributed by atoms with Crippen molar-refractivity contribution in [2.75, 3.05) is 7.11 Å². The number of esters is 1. The molecule has 18 heavy (non-hydrogen) atoms. The maximum Gasteiger partial charge on any atom is 0.339 e. The molecule has 0 radical (unpaired) electrons. The number of hydrogen-bond acceptors (Lipinski definition) is 5. The Morgan fingerprint density at radius 2 is 2.17 bits per heavy atom.